The standard InChI is InChI=1S/2C16H18Br2O.2C15H17BrO2/c17-11-14(19)16-8-5-15(6-9-16,7-10-16)12-1-3-13(18)4-2-12;17-11-14(19)16-7-4-15(5-8-16,6-9-16)12-2-1-3-13(18)10-12;16-12-3-1-11(2-4-12)14-5-8-15(9-6-14,10-7-14)13(17)18;16-12-3-1-2-11(10-12)14-4-7-15(8-5-14,9-6-14)13(17)18/h1-4H,5-11H2;1-3,10H,4-9,11H2;1-4H,5-10H2,(H,17,18);1-3,10H,4-9H2,(H,17,18). The Morgan fingerprint density at radius 3 is 0.797 bits per heavy atom. The van der Waals surface area contributed by atoms with E-state index in [1.54, 1.807) is 0 Å². The van der Waals surface area contributed by atoms with Gasteiger partial charge in [0.2, 0.25) is 0 Å². The molecule has 6 nitrogen and oxygen atoms in total. The van der Waals surface area contributed by atoms with Crippen molar-refractivity contribution in [3.05, 3.63) is 137 Å². The Hall–Kier alpha value is -1.96. The molecular formula is C62H70Br6O6. The van der Waals surface area contributed by atoms with Crippen LogP contribution >= 0.6 is 95.6 Å². The van der Waals surface area contributed by atoms with Crippen molar-refractivity contribution in [2.45, 2.75) is 176 Å². The van der Waals surface area contributed by atoms with Crippen molar-refractivity contribution in [1.82, 2.24) is 0 Å². The van der Waals surface area contributed by atoms with E-state index in [2.05, 4.69) is 187 Å². The van der Waals surface area contributed by atoms with Crippen LogP contribution in [0.5, 0.6) is 0 Å². The molecule has 0 radical (unpaired) electrons. The first-order chi connectivity index (χ1) is 35.3. The second-order valence-electron chi connectivity index (χ2n) is 24.0. The molecule has 16 rings (SSSR count). The maximum Gasteiger partial charge on any atom is 0.309 e. The molecule has 4 aromatic rings. The summed E-state index contributed by atoms with van der Waals surface area (Å²) in [5, 5.41) is 19.9. The van der Waals surface area contributed by atoms with Crippen molar-refractivity contribution in [3.8, 4) is 0 Å². The van der Waals surface area contributed by atoms with Gasteiger partial charge in [-0.15, -0.1) is 0 Å². The molecule has 4 aromatic carbocycles. The molecule has 12 saturated carbocycles. The molecule has 0 aromatic heterocycles. The van der Waals surface area contributed by atoms with Gasteiger partial charge in [-0.25, -0.2) is 0 Å². The van der Waals surface area contributed by atoms with E-state index >= 15 is 0 Å². The molecule has 0 heterocycles. The normalized spacial score (nSPS) is 33.9. The first kappa shape index (κ1) is 56.7. The Labute approximate surface area is 489 Å². The number of hydrogen-bond acceptors (Lipinski definition) is 4. The van der Waals surface area contributed by atoms with Crippen LogP contribution in [-0.4, -0.2) is 44.4 Å². The largest absolute Gasteiger partial charge is 0.481 e. The van der Waals surface area contributed by atoms with Gasteiger partial charge in [-0.3, -0.25) is 19.2 Å². The quantitative estimate of drug-likeness (QED) is 0.153. The number of aliphatic carboxylic acids is 2. The number of carbonyl (C=O) groups is 4. The average molecular weight is 1390 g/mol. The molecule has 396 valence electrons. The molecule has 12 fully saturated rings. The van der Waals surface area contributed by atoms with Crippen LogP contribution in [0.1, 0.15) is 176 Å². The fraction of sp³-hybridized carbons (Fsp3) is 0.548. The highest BCUT2D eigenvalue weighted by molar-refractivity contribution is 9.11. The predicted octanol–water partition coefficient (Wildman–Crippen LogP) is 18.3. The number of carbonyl (C=O) groups excluding carboxylic acids is 2. The van der Waals surface area contributed by atoms with Crippen LogP contribution in [0.4, 0.5) is 0 Å². The molecule has 12 aliphatic rings. The zero-order valence-electron chi connectivity index (χ0n) is 42.4. The number of benzene rings is 4. The Balaban J connectivity index is 0.000000121. The second kappa shape index (κ2) is 22.7. The minimum atomic E-state index is -0.579. The van der Waals surface area contributed by atoms with E-state index in [0.717, 1.165) is 129 Å². The highest BCUT2D eigenvalue weighted by Gasteiger charge is 2.56. The Morgan fingerprint density at radius 1 is 0.324 bits per heavy atom. The fourth-order valence-electron chi connectivity index (χ4n) is 15.5. The van der Waals surface area contributed by atoms with Gasteiger partial charge in [0.1, 0.15) is 11.6 Å². The van der Waals surface area contributed by atoms with Crippen LogP contribution in [0.15, 0.2) is 115 Å². The number of Topliss-reactive ketones (excluding diaryl/α,β-unsaturated/α-hetero) is 2. The molecule has 12 aliphatic carbocycles. The van der Waals surface area contributed by atoms with Crippen molar-refractivity contribution in [2.24, 2.45) is 21.7 Å². The molecular weight excluding hydrogens is 1320 g/mol. The molecule has 0 atom stereocenters. The average Bonchev–Trinajstić information content (AvgIpc) is 3.46. The lowest BCUT2D eigenvalue weighted by Crippen LogP contribution is -2.48. The summed E-state index contributed by atoms with van der Waals surface area (Å²) in [6.07, 6.45) is 24.7. The van der Waals surface area contributed by atoms with Crippen LogP contribution in [0.2, 0.25) is 0 Å². The lowest BCUT2D eigenvalue weighted by Gasteiger charge is -2.53. The third kappa shape index (κ3) is 11.0. The highest BCUT2D eigenvalue weighted by atomic mass is 79.9. The van der Waals surface area contributed by atoms with Gasteiger partial charge in [0.15, 0.2) is 0 Å². The minimum Gasteiger partial charge on any atom is -0.481 e. The lowest BCUT2D eigenvalue weighted by atomic mass is 9.51. The van der Waals surface area contributed by atoms with Gasteiger partial charge in [0.25, 0.3) is 0 Å². The highest BCUT2D eigenvalue weighted by Crippen LogP contribution is 2.62. The Bertz CT molecular complexity index is 2620. The van der Waals surface area contributed by atoms with Crippen LogP contribution in [0.25, 0.3) is 0 Å². The van der Waals surface area contributed by atoms with Crippen molar-refractivity contribution in [2.75, 3.05) is 10.7 Å². The number of rotatable bonds is 10. The van der Waals surface area contributed by atoms with Crippen LogP contribution in [0, 0.1) is 21.7 Å². The van der Waals surface area contributed by atoms with Gasteiger partial charge in [-0.1, -0.05) is 144 Å². The van der Waals surface area contributed by atoms with E-state index in [0.29, 0.717) is 33.1 Å². The maximum atomic E-state index is 12.2. The van der Waals surface area contributed by atoms with Crippen LogP contribution < -0.4 is 0 Å². The van der Waals surface area contributed by atoms with Crippen molar-refractivity contribution in [3.63, 3.8) is 0 Å². The number of ketones is 2. The summed E-state index contributed by atoms with van der Waals surface area (Å²) >= 11 is 20.8. The fourth-order valence-corrected chi connectivity index (χ4v) is 18.0. The smallest absolute Gasteiger partial charge is 0.309 e. The molecule has 0 saturated heterocycles. The van der Waals surface area contributed by atoms with Gasteiger partial charge in [-0.2, -0.15) is 0 Å². The molecule has 0 amide bonds. The van der Waals surface area contributed by atoms with E-state index < -0.39 is 22.8 Å². The molecule has 12 heteroatoms. The summed E-state index contributed by atoms with van der Waals surface area (Å²) in [7, 11) is 0. The van der Waals surface area contributed by atoms with Crippen LogP contribution in [0.3, 0.4) is 0 Å². The van der Waals surface area contributed by atoms with Crippen molar-refractivity contribution < 1.29 is 29.4 Å². The summed E-state index contributed by atoms with van der Waals surface area (Å²) in [5.74, 6) is -0.303. The first-order valence-electron chi connectivity index (χ1n) is 27.0. The summed E-state index contributed by atoms with van der Waals surface area (Å²) in [4.78, 5) is 47.2. The number of fused-ring (bicyclic) bond motifs is 12. The van der Waals surface area contributed by atoms with Crippen molar-refractivity contribution in [1.29, 1.82) is 0 Å². The zero-order valence-corrected chi connectivity index (χ0v) is 51.9. The summed E-state index contributed by atoms with van der Waals surface area (Å²) < 4.78 is 4.53. The van der Waals surface area contributed by atoms with Crippen LogP contribution in [-0.2, 0) is 40.8 Å². The zero-order chi connectivity index (χ0) is 52.6. The molecule has 8 bridgehead atoms. The molecule has 0 spiro atoms. The number of halogens is 6. The number of carboxylic acid groups (broad SMARTS) is 2. The lowest BCUT2D eigenvalue weighted by molar-refractivity contribution is -0.157. The first-order valence-corrected chi connectivity index (χ1v) is 32.4. The number of carboxylic acids is 2. The van der Waals surface area contributed by atoms with E-state index in [1.165, 1.54) is 65.3 Å². The minimum absolute atomic E-state index is 0.000609. The topological polar surface area (TPSA) is 109 Å². The van der Waals surface area contributed by atoms with Crippen molar-refractivity contribution >= 4 is 119 Å². The predicted molar refractivity (Wildman–Crippen MR) is 317 cm³/mol. The van der Waals surface area contributed by atoms with Gasteiger partial charge in [0, 0.05) is 28.7 Å². The number of hydrogen-bond donors (Lipinski definition) is 2. The third-order valence-corrected chi connectivity index (χ3v) is 24.2. The summed E-state index contributed by atoms with van der Waals surface area (Å²) in [6.45, 7) is 0. The van der Waals surface area contributed by atoms with Gasteiger partial charge < -0.3 is 10.2 Å². The van der Waals surface area contributed by atoms with Gasteiger partial charge in [0.05, 0.1) is 21.5 Å². The molecule has 74 heavy (non-hydrogen) atoms. The van der Waals surface area contributed by atoms with E-state index in [9.17, 15) is 29.4 Å². The van der Waals surface area contributed by atoms with Gasteiger partial charge in [-0.05, 0) is 247 Å². The summed E-state index contributed by atoms with van der Waals surface area (Å²) in [5.41, 5.74) is 6.05. The monoisotopic (exact) mass is 1380 g/mol. The Morgan fingerprint density at radius 2 is 0.568 bits per heavy atom. The molecule has 2 N–H and O–H groups in total. The Kier molecular flexibility index (Phi) is 17.4. The van der Waals surface area contributed by atoms with E-state index in [-0.39, 0.29) is 21.7 Å². The maximum absolute atomic E-state index is 12.2. The summed E-state index contributed by atoms with van der Waals surface area (Å²) in [6, 6.07) is 34.7. The van der Waals surface area contributed by atoms with E-state index in [4.69, 9.17) is 0 Å². The molecule has 0 aliphatic heterocycles. The SMILES string of the molecule is O=C(CBr)C12CCC(c3ccc(Br)cc3)(CC1)CC2.O=C(CBr)C12CCC(c3cccc(Br)c3)(CC1)CC2.O=C(O)C12CCC(c3ccc(Br)cc3)(CC1)CC2.O=C(O)C12CCC(c3cccc(Br)c3)(CC1)CC2. The molecule has 0 unspecified atom stereocenters. The third-order valence-electron chi connectivity index (χ3n) is 21.1. The van der Waals surface area contributed by atoms with Gasteiger partial charge >= 0.3 is 11.9 Å². The number of alkyl halides is 2. The van der Waals surface area contributed by atoms with E-state index in [1.807, 2.05) is 6.07 Å². The second-order valence-corrected chi connectivity index (χ2v) is 28.8.